The first-order chi connectivity index (χ1) is 9.25. The molecule has 1 aromatic rings. The van der Waals surface area contributed by atoms with Crippen LogP contribution in [0, 0.1) is 5.92 Å². The van der Waals surface area contributed by atoms with Crippen molar-refractivity contribution in [2.24, 2.45) is 5.92 Å². The molecule has 2 atom stereocenters. The molecule has 1 aromatic heterocycles. The summed E-state index contributed by atoms with van der Waals surface area (Å²) in [4.78, 5) is 11.5. The minimum Gasteiger partial charge on any atom is -0.356 e. The lowest BCUT2D eigenvalue weighted by Gasteiger charge is -2.36. The molecule has 2 aliphatic rings. The molecule has 0 amide bonds. The van der Waals surface area contributed by atoms with Crippen LogP contribution in [0.25, 0.3) is 0 Å². The van der Waals surface area contributed by atoms with Gasteiger partial charge < -0.3 is 4.90 Å². The van der Waals surface area contributed by atoms with Crippen molar-refractivity contribution in [3.05, 3.63) is 17.6 Å². The summed E-state index contributed by atoms with van der Waals surface area (Å²) in [6.07, 6.45) is 8.92. The van der Waals surface area contributed by atoms with Crippen molar-refractivity contribution in [1.29, 1.82) is 0 Å². The van der Waals surface area contributed by atoms with Crippen molar-refractivity contribution >= 4 is 17.4 Å². The summed E-state index contributed by atoms with van der Waals surface area (Å²) >= 11 is 6.33. The van der Waals surface area contributed by atoms with Crippen LogP contribution in [0.4, 0.5) is 5.82 Å². The van der Waals surface area contributed by atoms with E-state index in [0.717, 1.165) is 32.4 Å². The first-order valence-electron chi connectivity index (χ1n) is 7.47. The Morgan fingerprint density at radius 2 is 2.05 bits per heavy atom. The van der Waals surface area contributed by atoms with E-state index < -0.39 is 0 Å². The van der Waals surface area contributed by atoms with Crippen LogP contribution in [0.3, 0.4) is 0 Å². The molecule has 3 rings (SSSR count). The maximum Gasteiger partial charge on any atom is 0.135 e. The van der Waals surface area contributed by atoms with Crippen molar-refractivity contribution < 1.29 is 0 Å². The molecule has 104 valence electrons. The van der Waals surface area contributed by atoms with Crippen LogP contribution in [0.1, 0.15) is 43.9 Å². The van der Waals surface area contributed by atoms with E-state index in [-0.39, 0.29) is 0 Å². The minimum atomic E-state index is 0.316. The van der Waals surface area contributed by atoms with Crippen LogP contribution in [0.2, 0.25) is 0 Å². The van der Waals surface area contributed by atoms with Gasteiger partial charge in [0.25, 0.3) is 0 Å². The molecule has 0 spiro atoms. The summed E-state index contributed by atoms with van der Waals surface area (Å²) in [6, 6.07) is 0. The molecule has 19 heavy (non-hydrogen) atoms. The minimum absolute atomic E-state index is 0.316. The Bertz CT molecular complexity index is 449. The van der Waals surface area contributed by atoms with Crippen LogP contribution >= 0.6 is 11.6 Å². The summed E-state index contributed by atoms with van der Waals surface area (Å²) in [6.45, 7) is 4.29. The molecule has 0 saturated carbocycles. The standard InChI is InChI=1S/C15H22ClN3/c1-11-9-19(8-7-13(11)16)15-12-5-3-2-4-6-14(12)17-10-18-15/h10-11,13H,2-9H2,1H3. The van der Waals surface area contributed by atoms with E-state index >= 15 is 0 Å². The molecule has 1 saturated heterocycles. The number of anilines is 1. The number of alkyl halides is 1. The van der Waals surface area contributed by atoms with Gasteiger partial charge in [0.15, 0.2) is 0 Å². The Balaban J connectivity index is 1.88. The Kier molecular flexibility index (Phi) is 3.92. The van der Waals surface area contributed by atoms with Gasteiger partial charge in [-0.05, 0) is 38.0 Å². The predicted molar refractivity (Wildman–Crippen MR) is 78.9 cm³/mol. The van der Waals surface area contributed by atoms with Gasteiger partial charge in [-0.25, -0.2) is 9.97 Å². The van der Waals surface area contributed by atoms with Gasteiger partial charge >= 0.3 is 0 Å². The number of fused-ring (bicyclic) bond motifs is 1. The monoisotopic (exact) mass is 279 g/mol. The fraction of sp³-hybridized carbons (Fsp3) is 0.733. The van der Waals surface area contributed by atoms with Crippen molar-refractivity contribution in [3.63, 3.8) is 0 Å². The second-order valence-electron chi connectivity index (χ2n) is 5.91. The third-order valence-electron chi connectivity index (χ3n) is 4.45. The maximum atomic E-state index is 6.33. The quantitative estimate of drug-likeness (QED) is 0.584. The predicted octanol–water partition coefficient (Wildman–Crippen LogP) is 3.20. The van der Waals surface area contributed by atoms with Gasteiger partial charge in [-0.3, -0.25) is 0 Å². The zero-order valence-electron chi connectivity index (χ0n) is 11.6. The molecule has 1 aliphatic heterocycles. The molecule has 0 bridgehead atoms. The number of nitrogens with zero attached hydrogens (tertiary/aromatic N) is 3. The second kappa shape index (κ2) is 5.66. The smallest absolute Gasteiger partial charge is 0.135 e. The van der Waals surface area contributed by atoms with E-state index in [1.165, 1.54) is 36.3 Å². The Morgan fingerprint density at radius 1 is 1.21 bits per heavy atom. The molecule has 0 aromatic carbocycles. The SMILES string of the molecule is CC1CN(c2ncnc3c2CCCCC3)CCC1Cl. The molecule has 3 nitrogen and oxygen atoms in total. The average Bonchev–Trinajstić information content (AvgIpc) is 2.67. The van der Waals surface area contributed by atoms with Crippen molar-refractivity contribution in [1.82, 2.24) is 9.97 Å². The lowest BCUT2D eigenvalue weighted by atomic mass is 9.98. The third kappa shape index (κ3) is 2.71. The maximum absolute atomic E-state index is 6.33. The lowest BCUT2D eigenvalue weighted by molar-refractivity contribution is 0.451. The van der Waals surface area contributed by atoms with Crippen LogP contribution < -0.4 is 4.90 Å². The fourth-order valence-corrected chi connectivity index (χ4v) is 3.44. The van der Waals surface area contributed by atoms with E-state index in [9.17, 15) is 0 Å². The number of rotatable bonds is 1. The van der Waals surface area contributed by atoms with E-state index in [0.29, 0.717) is 11.3 Å². The Hall–Kier alpha value is -0.830. The third-order valence-corrected chi connectivity index (χ3v) is 5.10. The van der Waals surface area contributed by atoms with Crippen LogP contribution in [-0.4, -0.2) is 28.4 Å². The molecule has 1 aliphatic carbocycles. The Morgan fingerprint density at radius 3 is 2.89 bits per heavy atom. The number of piperidine rings is 1. The highest BCUT2D eigenvalue weighted by atomic mass is 35.5. The van der Waals surface area contributed by atoms with Gasteiger partial charge in [0.05, 0.1) is 0 Å². The van der Waals surface area contributed by atoms with Gasteiger partial charge in [-0.2, -0.15) is 0 Å². The van der Waals surface area contributed by atoms with Crippen LogP contribution in [0.5, 0.6) is 0 Å². The normalized spacial score (nSPS) is 27.8. The van der Waals surface area contributed by atoms with Gasteiger partial charge in [0.1, 0.15) is 12.1 Å². The van der Waals surface area contributed by atoms with E-state index in [1.54, 1.807) is 6.33 Å². The Labute approximate surface area is 120 Å². The average molecular weight is 280 g/mol. The van der Waals surface area contributed by atoms with Gasteiger partial charge in [-0.1, -0.05) is 13.3 Å². The molecule has 2 heterocycles. The molecule has 4 heteroatoms. The highest BCUT2D eigenvalue weighted by molar-refractivity contribution is 6.20. The number of hydrogen-bond donors (Lipinski definition) is 0. The first kappa shape index (κ1) is 13.2. The van der Waals surface area contributed by atoms with Gasteiger partial charge in [0.2, 0.25) is 0 Å². The van der Waals surface area contributed by atoms with Crippen molar-refractivity contribution in [2.75, 3.05) is 18.0 Å². The van der Waals surface area contributed by atoms with E-state index in [2.05, 4.69) is 21.8 Å². The van der Waals surface area contributed by atoms with E-state index in [1.807, 2.05) is 0 Å². The molecule has 0 radical (unpaired) electrons. The number of hydrogen-bond acceptors (Lipinski definition) is 3. The topological polar surface area (TPSA) is 29.0 Å². The molecule has 1 fully saturated rings. The highest BCUT2D eigenvalue weighted by Crippen LogP contribution is 2.30. The number of aromatic nitrogens is 2. The summed E-state index contributed by atoms with van der Waals surface area (Å²) in [5, 5.41) is 0.316. The lowest BCUT2D eigenvalue weighted by Crippen LogP contribution is -2.41. The molecule has 0 N–H and O–H groups in total. The molecule has 2 unspecified atom stereocenters. The zero-order chi connectivity index (χ0) is 13.2. The molecular weight excluding hydrogens is 258 g/mol. The van der Waals surface area contributed by atoms with Gasteiger partial charge in [0, 0.05) is 29.7 Å². The van der Waals surface area contributed by atoms with Crippen molar-refractivity contribution in [2.45, 2.75) is 50.8 Å². The summed E-state index contributed by atoms with van der Waals surface area (Å²) in [5.41, 5.74) is 2.68. The fourth-order valence-electron chi connectivity index (χ4n) is 3.26. The summed E-state index contributed by atoms with van der Waals surface area (Å²) in [5.74, 6) is 1.72. The second-order valence-corrected chi connectivity index (χ2v) is 6.47. The van der Waals surface area contributed by atoms with Gasteiger partial charge in [-0.15, -0.1) is 11.6 Å². The first-order valence-corrected chi connectivity index (χ1v) is 7.91. The largest absolute Gasteiger partial charge is 0.356 e. The number of halogens is 1. The molecular formula is C15H22ClN3. The van der Waals surface area contributed by atoms with Crippen LogP contribution in [0.15, 0.2) is 6.33 Å². The summed E-state index contributed by atoms with van der Waals surface area (Å²) in [7, 11) is 0. The number of aryl methyl sites for hydroxylation is 1. The zero-order valence-corrected chi connectivity index (χ0v) is 12.4. The highest BCUT2D eigenvalue weighted by Gasteiger charge is 2.27. The van der Waals surface area contributed by atoms with Crippen molar-refractivity contribution in [3.8, 4) is 0 Å². The van der Waals surface area contributed by atoms with Crippen LogP contribution in [-0.2, 0) is 12.8 Å². The summed E-state index contributed by atoms with van der Waals surface area (Å²) < 4.78 is 0. The van der Waals surface area contributed by atoms with E-state index in [4.69, 9.17) is 11.6 Å².